The van der Waals surface area contributed by atoms with Gasteiger partial charge in [0.05, 0.1) is 5.41 Å². The van der Waals surface area contributed by atoms with Crippen LogP contribution in [-0.2, 0) is 16.2 Å². The molecule has 3 aliphatic rings. The minimum absolute atomic E-state index is 0.0286. The van der Waals surface area contributed by atoms with Crippen molar-refractivity contribution in [3.05, 3.63) is 191 Å². The van der Waals surface area contributed by atoms with Crippen molar-refractivity contribution in [3.63, 3.8) is 0 Å². The van der Waals surface area contributed by atoms with E-state index in [1.165, 1.54) is 110 Å². The van der Waals surface area contributed by atoms with E-state index >= 15 is 0 Å². The second kappa shape index (κ2) is 11.7. The maximum atomic E-state index is 2.54. The van der Waals surface area contributed by atoms with Crippen LogP contribution < -0.4 is 0 Å². The maximum absolute atomic E-state index is 2.54. The van der Waals surface area contributed by atoms with Crippen LogP contribution in [0.1, 0.15) is 74.9 Å². The lowest BCUT2D eigenvalue weighted by atomic mass is 9.68. The molecule has 8 aromatic rings. The first-order valence-corrected chi connectivity index (χ1v) is 20.8. The molecule has 0 aromatic heterocycles. The zero-order valence-electron chi connectivity index (χ0n) is 32.9. The molecule has 270 valence electrons. The molecule has 0 unspecified atom stereocenters. The molecule has 0 atom stereocenters. The summed E-state index contributed by atoms with van der Waals surface area (Å²) in [4.78, 5) is 2.67. The van der Waals surface area contributed by atoms with Crippen molar-refractivity contribution < 1.29 is 0 Å². The van der Waals surface area contributed by atoms with Crippen LogP contribution in [0.15, 0.2) is 168 Å². The van der Waals surface area contributed by atoms with Gasteiger partial charge >= 0.3 is 0 Å². The van der Waals surface area contributed by atoms with Crippen LogP contribution in [-0.4, -0.2) is 0 Å². The Morgan fingerprint density at radius 3 is 1.64 bits per heavy atom. The van der Waals surface area contributed by atoms with Gasteiger partial charge in [-0.1, -0.05) is 193 Å². The third-order valence-corrected chi connectivity index (χ3v) is 14.0. The van der Waals surface area contributed by atoms with E-state index in [1.807, 2.05) is 11.8 Å². The molecule has 0 amide bonds. The summed E-state index contributed by atoms with van der Waals surface area (Å²) in [5, 5.41) is 2.67. The lowest BCUT2D eigenvalue weighted by Gasteiger charge is -2.33. The van der Waals surface area contributed by atoms with Gasteiger partial charge in [-0.3, -0.25) is 0 Å². The Kier molecular flexibility index (Phi) is 7.04. The molecule has 1 heterocycles. The largest absolute Gasteiger partial charge is 0.0888 e. The zero-order chi connectivity index (χ0) is 38.1. The predicted octanol–water partition coefficient (Wildman–Crippen LogP) is 15.2. The summed E-state index contributed by atoms with van der Waals surface area (Å²) in [6.45, 7) is 14.0. The van der Waals surface area contributed by atoms with E-state index in [0.29, 0.717) is 0 Å². The van der Waals surface area contributed by atoms with Crippen LogP contribution in [0.2, 0.25) is 0 Å². The molecule has 2 aliphatic carbocycles. The van der Waals surface area contributed by atoms with Crippen LogP contribution in [0.5, 0.6) is 0 Å². The van der Waals surface area contributed by atoms with Gasteiger partial charge in [0.1, 0.15) is 0 Å². The highest BCUT2D eigenvalue weighted by atomic mass is 32.2. The lowest BCUT2D eigenvalue weighted by Crippen LogP contribution is -2.27. The molecule has 56 heavy (non-hydrogen) atoms. The van der Waals surface area contributed by atoms with Gasteiger partial charge in [-0.15, -0.1) is 0 Å². The third-order valence-electron chi connectivity index (χ3n) is 12.8. The van der Waals surface area contributed by atoms with E-state index in [-0.39, 0.29) is 10.8 Å². The average molecular weight is 737 g/mol. The molecule has 1 aliphatic heterocycles. The van der Waals surface area contributed by atoms with Gasteiger partial charge < -0.3 is 0 Å². The predicted molar refractivity (Wildman–Crippen MR) is 238 cm³/mol. The Bertz CT molecular complexity index is 2880. The van der Waals surface area contributed by atoms with E-state index < -0.39 is 5.41 Å². The van der Waals surface area contributed by atoms with Gasteiger partial charge in [0, 0.05) is 15.2 Å². The standard InChI is InChI=1S/C55H44S/c1-53(2,3)37-25-27-40-41-28-26-38(54(4,5)6)32-48(41)55(47(40)31-37)45-17-8-7-14-43(45)52-39(15-11-18-46(52)55)34-22-20-33(21-23-34)36-24-29-49-44(30-36)42-16-9-12-35-13-10-19-50(56-49)51(35)42/h7-32H,1-6H3. The summed E-state index contributed by atoms with van der Waals surface area (Å²) in [5.41, 5.74) is 21.1. The fourth-order valence-corrected chi connectivity index (χ4v) is 11.1. The minimum Gasteiger partial charge on any atom is -0.0888 e. The van der Waals surface area contributed by atoms with Crippen molar-refractivity contribution >= 4 is 22.5 Å². The van der Waals surface area contributed by atoms with E-state index in [2.05, 4.69) is 199 Å². The molecule has 8 aromatic carbocycles. The molecular weight excluding hydrogens is 693 g/mol. The van der Waals surface area contributed by atoms with Crippen LogP contribution in [0.3, 0.4) is 0 Å². The highest BCUT2D eigenvalue weighted by Crippen LogP contribution is 2.64. The molecule has 1 spiro atoms. The van der Waals surface area contributed by atoms with Gasteiger partial charge in [0.15, 0.2) is 0 Å². The van der Waals surface area contributed by atoms with Gasteiger partial charge in [0.25, 0.3) is 0 Å². The molecule has 1 heteroatoms. The number of benzene rings is 8. The first-order valence-electron chi connectivity index (χ1n) is 20.0. The summed E-state index contributed by atoms with van der Waals surface area (Å²) in [6.07, 6.45) is 0. The fourth-order valence-electron chi connectivity index (χ4n) is 9.99. The van der Waals surface area contributed by atoms with E-state index in [0.717, 1.165) is 0 Å². The van der Waals surface area contributed by atoms with E-state index in [4.69, 9.17) is 0 Å². The molecule has 0 radical (unpaired) electrons. The van der Waals surface area contributed by atoms with Gasteiger partial charge in [-0.2, -0.15) is 0 Å². The summed E-state index contributed by atoms with van der Waals surface area (Å²) >= 11 is 1.89. The van der Waals surface area contributed by atoms with Crippen molar-refractivity contribution in [2.75, 3.05) is 0 Å². The zero-order valence-corrected chi connectivity index (χ0v) is 33.7. The average Bonchev–Trinajstić information content (AvgIpc) is 3.67. The van der Waals surface area contributed by atoms with Crippen LogP contribution in [0.25, 0.3) is 66.4 Å². The normalized spacial score (nSPS) is 14.3. The van der Waals surface area contributed by atoms with Crippen LogP contribution in [0.4, 0.5) is 0 Å². The van der Waals surface area contributed by atoms with E-state index in [9.17, 15) is 0 Å². The highest BCUT2D eigenvalue weighted by Gasteiger charge is 2.52. The molecule has 0 saturated heterocycles. The van der Waals surface area contributed by atoms with Gasteiger partial charge in [0.2, 0.25) is 0 Å². The quantitative estimate of drug-likeness (QED) is 0.170. The monoisotopic (exact) mass is 736 g/mol. The number of rotatable bonds is 2. The van der Waals surface area contributed by atoms with Crippen LogP contribution >= 0.6 is 11.8 Å². The Morgan fingerprint density at radius 2 is 0.946 bits per heavy atom. The van der Waals surface area contributed by atoms with E-state index in [1.54, 1.807) is 0 Å². The molecule has 0 fully saturated rings. The van der Waals surface area contributed by atoms with Gasteiger partial charge in [-0.05, 0) is 123 Å². The maximum Gasteiger partial charge on any atom is 0.0725 e. The SMILES string of the molecule is CC(C)(C)c1ccc2c(c1)C1(c3cc(C(C)(C)C)ccc3-2)c2ccccc2-c2c(-c3ccc(-c4ccc5c(c4)-c4cccc6cccc(c46)S5)cc3)cccc21. The molecular formula is C55H44S. The van der Waals surface area contributed by atoms with Gasteiger partial charge in [-0.25, -0.2) is 0 Å². The van der Waals surface area contributed by atoms with Crippen molar-refractivity contribution in [1.29, 1.82) is 0 Å². The third kappa shape index (κ3) is 4.68. The minimum atomic E-state index is -0.405. The second-order valence-electron chi connectivity index (χ2n) is 18.1. The summed E-state index contributed by atoms with van der Waals surface area (Å²) in [5.74, 6) is 0. The number of fused-ring (bicyclic) bond motifs is 12. The molecule has 0 nitrogen and oxygen atoms in total. The molecule has 11 rings (SSSR count). The smallest absolute Gasteiger partial charge is 0.0725 e. The van der Waals surface area contributed by atoms with Crippen molar-refractivity contribution in [2.45, 2.75) is 67.6 Å². The molecule has 0 bridgehead atoms. The number of hydrogen-bond donors (Lipinski definition) is 0. The first kappa shape index (κ1) is 33.7. The second-order valence-corrected chi connectivity index (χ2v) is 19.2. The fraction of sp³-hybridized carbons (Fsp3) is 0.164. The Hall–Kier alpha value is -5.63. The van der Waals surface area contributed by atoms with Crippen molar-refractivity contribution in [2.24, 2.45) is 0 Å². The van der Waals surface area contributed by atoms with Crippen molar-refractivity contribution in [3.8, 4) is 55.6 Å². The Morgan fingerprint density at radius 1 is 0.375 bits per heavy atom. The first-order chi connectivity index (χ1) is 27.0. The Labute approximate surface area is 335 Å². The number of hydrogen-bond acceptors (Lipinski definition) is 1. The molecule has 0 N–H and O–H groups in total. The van der Waals surface area contributed by atoms with Crippen molar-refractivity contribution in [1.82, 2.24) is 0 Å². The summed E-state index contributed by atoms with van der Waals surface area (Å²) in [7, 11) is 0. The summed E-state index contributed by atoms with van der Waals surface area (Å²) < 4.78 is 0. The lowest BCUT2D eigenvalue weighted by molar-refractivity contribution is 0.586. The van der Waals surface area contributed by atoms with Crippen LogP contribution in [0, 0.1) is 0 Å². The highest BCUT2D eigenvalue weighted by molar-refractivity contribution is 7.99. The topological polar surface area (TPSA) is 0 Å². The molecule has 0 saturated carbocycles. The Balaban J connectivity index is 1.08. The summed E-state index contributed by atoms with van der Waals surface area (Å²) in [6, 6.07) is 60.6.